The van der Waals surface area contributed by atoms with Crippen LogP contribution in [0.15, 0.2) is 35.7 Å². The number of thiophene rings is 1. The third-order valence-corrected chi connectivity index (χ3v) is 5.84. The van der Waals surface area contributed by atoms with Gasteiger partial charge in [-0.3, -0.25) is 9.59 Å². The number of anilines is 1. The Labute approximate surface area is 150 Å². The van der Waals surface area contributed by atoms with Gasteiger partial charge in [0, 0.05) is 10.4 Å². The molecule has 6 heteroatoms. The SMILES string of the molecule is O=C1COc2cc(C(=O)NC(c3cccs3)C3CCCC3)ccc2N1. The van der Waals surface area contributed by atoms with Crippen molar-refractivity contribution in [2.45, 2.75) is 31.7 Å². The minimum Gasteiger partial charge on any atom is -0.482 e. The van der Waals surface area contributed by atoms with Gasteiger partial charge in [-0.25, -0.2) is 0 Å². The Kier molecular flexibility index (Phi) is 4.44. The van der Waals surface area contributed by atoms with E-state index >= 15 is 0 Å². The Morgan fingerprint density at radius 3 is 2.88 bits per heavy atom. The third kappa shape index (κ3) is 3.39. The van der Waals surface area contributed by atoms with E-state index in [0.717, 1.165) is 12.8 Å². The van der Waals surface area contributed by atoms with Crippen LogP contribution in [0, 0.1) is 5.92 Å². The number of amides is 2. The third-order valence-electron chi connectivity index (χ3n) is 4.88. The number of nitrogens with one attached hydrogen (secondary N) is 2. The molecule has 5 nitrogen and oxygen atoms in total. The molecule has 1 aromatic heterocycles. The van der Waals surface area contributed by atoms with E-state index in [-0.39, 0.29) is 24.5 Å². The van der Waals surface area contributed by atoms with Crippen LogP contribution in [-0.4, -0.2) is 18.4 Å². The van der Waals surface area contributed by atoms with Crippen molar-refractivity contribution in [3.05, 3.63) is 46.2 Å². The lowest BCUT2D eigenvalue weighted by Gasteiger charge is -2.24. The van der Waals surface area contributed by atoms with E-state index in [4.69, 9.17) is 4.74 Å². The Morgan fingerprint density at radius 1 is 1.28 bits per heavy atom. The maximum Gasteiger partial charge on any atom is 0.262 e. The van der Waals surface area contributed by atoms with Gasteiger partial charge in [0.25, 0.3) is 11.8 Å². The molecule has 0 spiro atoms. The molecule has 130 valence electrons. The first kappa shape index (κ1) is 16.1. The summed E-state index contributed by atoms with van der Waals surface area (Å²) in [5.41, 5.74) is 1.16. The second-order valence-corrected chi connectivity index (χ2v) is 7.54. The summed E-state index contributed by atoms with van der Waals surface area (Å²) < 4.78 is 5.41. The van der Waals surface area contributed by atoms with Crippen LogP contribution in [0.2, 0.25) is 0 Å². The van der Waals surface area contributed by atoms with Crippen molar-refractivity contribution in [3.8, 4) is 5.75 Å². The molecular formula is C19H20N2O3S. The summed E-state index contributed by atoms with van der Waals surface area (Å²) in [6, 6.07) is 9.33. The van der Waals surface area contributed by atoms with Crippen molar-refractivity contribution in [3.63, 3.8) is 0 Å². The van der Waals surface area contributed by atoms with Crippen LogP contribution in [-0.2, 0) is 4.79 Å². The Hall–Kier alpha value is -2.34. The first-order valence-corrected chi connectivity index (χ1v) is 9.49. The lowest BCUT2D eigenvalue weighted by molar-refractivity contribution is -0.118. The van der Waals surface area contributed by atoms with Crippen molar-refractivity contribution < 1.29 is 14.3 Å². The van der Waals surface area contributed by atoms with Gasteiger partial charge in [-0.05, 0) is 48.4 Å². The van der Waals surface area contributed by atoms with E-state index in [0.29, 0.717) is 22.9 Å². The molecular weight excluding hydrogens is 336 g/mol. The molecule has 2 aromatic rings. The van der Waals surface area contributed by atoms with Crippen LogP contribution in [0.1, 0.15) is 47.0 Å². The van der Waals surface area contributed by atoms with E-state index in [1.165, 1.54) is 17.7 Å². The van der Waals surface area contributed by atoms with E-state index < -0.39 is 0 Å². The topological polar surface area (TPSA) is 67.4 Å². The van der Waals surface area contributed by atoms with Crippen LogP contribution >= 0.6 is 11.3 Å². The number of fused-ring (bicyclic) bond motifs is 1. The fourth-order valence-electron chi connectivity index (χ4n) is 3.62. The molecule has 1 saturated carbocycles. The van der Waals surface area contributed by atoms with Crippen molar-refractivity contribution in [2.24, 2.45) is 5.92 Å². The van der Waals surface area contributed by atoms with Crippen molar-refractivity contribution >= 4 is 28.8 Å². The van der Waals surface area contributed by atoms with Gasteiger partial charge in [-0.2, -0.15) is 0 Å². The number of carbonyl (C=O) groups excluding carboxylic acids is 2. The van der Waals surface area contributed by atoms with Gasteiger partial charge in [-0.1, -0.05) is 18.9 Å². The van der Waals surface area contributed by atoms with Gasteiger partial charge in [-0.15, -0.1) is 11.3 Å². The summed E-state index contributed by atoms with van der Waals surface area (Å²) in [4.78, 5) is 25.4. The van der Waals surface area contributed by atoms with E-state index in [2.05, 4.69) is 22.1 Å². The van der Waals surface area contributed by atoms with Gasteiger partial charge in [0.1, 0.15) is 5.75 Å². The summed E-state index contributed by atoms with van der Waals surface area (Å²) in [5, 5.41) is 8.02. The summed E-state index contributed by atoms with van der Waals surface area (Å²) in [6.07, 6.45) is 4.77. The number of hydrogen-bond acceptors (Lipinski definition) is 4. The van der Waals surface area contributed by atoms with Crippen molar-refractivity contribution in [2.75, 3.05) is 11.9 Å². The molecule has 1 aliphatic carbocycles. The molecule has 0 saturated heterocycles. The number of hydrogen-bond donors (Lipinski definition) is 2. The van der Waals surface area contributed by atoms with Gasteiger partial charge in [0.2, 0.25) is 0 Å². The second kappa shape index (κ2) is 6.88. The Morgan fingerprint density at radius 2 is 2.12 bits per heavy atom. The van der Waals surface area contributed by atoms with Crippen LogP contribution in [0.25, 0.3) is 0 Å². The van der Waals surface area contributed by atoms with Crippen molar-refractivity contribution in [1.82, 2.24) is 5.32 Å². The highest BCUT2D eigenvalue weighted by molar-refractivity contribution is 7.10. The maximum atomic E-state index is 12.8. The first-order chi connectivity index (χ1) is 12.2. The molecule has 1 aliphatic heterocycles. The molecule has 2 heterocycles. The van der Waals surface area contributed by atoms with E-state index in [1.807, 2.05) is 6.07 Å². The molecule has 2 aliphatic rings. The predicted molar refractivity (Wildman–Crippen MR) is 97.1 cm³/mol. The van der Waals surface area contributed by atoms with Gasteiger partial charge in [0.15, 0.2) is 6.61 Å². The zero-order valence-corrected chi connectivity index (χ0v) is 14.6. The molecule has 1 fully saturated rings. The lowest BCUT2D eigenvalue weighted by Crippen LogP contribution is -2.32. The molecule has 1 aromatic carbocycles. The monoisotopic (exact) mass is 356 g/mol. The molecule has 1 unspecified atom stereocenters. The van der Waals surface area contributed by atoms with Crippen LogP contribution < -0.4 is 15.4 Å². The molecule has 1 atom stereocenters. The Bertz CT molecular complexity index is 782. The van der Waals surface area contributed by atoms with Crippen LogP contribution in [0.4, 0.5) is 5.69 Å². The van der Waals surface area contributed by atoms with E-state index in [1.54, 1.807) is 29.5 Å². The quantitative estimate of drug-likeness (QED) is 0.877. The van der Waals surface area contributed by atoms with Crippen LogP contribution in [0.5, 0.6) is 5.75 Å². The number of rotatable bonds is 4. The molecule has 2 N–H and O–H groups in total. The fourth-order valence-corrected chi connectivity index (χ4v) is 4.49. The summed E-state index contributed by atoms with van der Waals surface area (Å²) >= 11 is 1.69. The first-order valence-electron chi connectivity index (χ1n) is 8.61. The highest BCUT2D eigenvalue weighted by Gasteiger charge is 2.29. The van der Waals surface area contributed by atoms with Gasteiger partial charge >= 0.3 is 0 Å². The van der Waals surface area contributed by atoms with Gasteiger partial charge in [0.05, 0.1) is 11.7 Å². The average molecular weight is 356 g/mol. The van der Waals surface area contributed by atoms with Crippen molar-refractivity contribution in [1.29, 1.82) is 0 Å². The smallest absolute Gasteiger partial charge is 0.262 e. The second-order valence-electron chi connectivity index (χ2n) is 6.56. The number of benzene rings is 1. The molecule has 2 amide bonds. The normalized spacial score (nSPS) is 18.2. The highest BCUT2D eigenvalue weighted by Crippen LogP contribution is 2.37. The molecule has 4 rings (SSSR count). The minimum atomic E-state index is -0.177. The number of carbonyl (C=O) groups is 2. The zero-order valence-electron chi connectivity index (χ0n) is 13.8. The lowest BCUT2D eigenvalue weighted by atomic mass is 9.96. The summed E-state index contributed by atoms with van der Waals surface area (Å²) in [5.74, 6) is 0.758. The van der Waals surface area contributed by atoms with E-state index in [9.17, 15) is 9.59 Å². The maximum absolute atomic E-state index is 12.8. The predicted octanol–water partition coefficient (Wildman–Crippen LogP) is 3.74. The minimum absolute atomic E-state index is 0.0159. The summed E-state index contributed by atoms with van der Waals surface area (Å²) in [7, 11) is 0. The van der Waals surface area contributed by atoms with Crippen LogP contribution in [0.3, 0.4) is 0 Å². The Balaban J connectivity index is 1.54. The highest BCUT2D eigenvalue weighted by atomic mass is 32.1. The number of ether oxygens (including phenoxy) is 1. The fraction of sp³-hybridized carbons (Fsp3) is 0.368. The van der Waals surface area contributed by atoms with Gasteiger partial charge < -0.3 is 15.4 Å². The standard InChI is InChI=1S/C19H20N2O3S/c22-17-11-24-15-10-13(7-8-14(15)20-17)19(23)21-18(12-4-1-2-5-12)16-6-3-9-25-16/h3,6-10,12,18H,1-2,4-5,11H2,(H,20,22)(H,21,23). The zero-order chi connectivity index (χ0) is 17.2. The largest absolute Gasteiger partial charge is 0.482 e. The molecule has 0 radical (unpaired) electrons. The molecule has 25 heavy (non-hydrogen) atoms. The average Bonchev–Trinajstić information content (AvgIpc) is 3.33. The summed E-state index contributed by atoms with van der Waals surface area (Å²) in [6.45, 7) is -0.0159. The molecule has 0 bridgehead atoms.